The maximum atomic E-state index is 14.2. The minimum Gasteiger partial charge on any atom is -0.275 e. The molecule has 0 spiro atoms. The molecule has 0 amide bonds. The zero-order valence-electron chi connectivity index (χ0n) is 11.9. The van der Waals surface area contributed by atoms with Crippen molar-refractivity contribution in [3.8, 4) is 11.1 Å². The van der Waals surface area contributed by atoms with E-state index in [1.54, 1.807) is 10.7 Å². The molecular weight excluding hydrogens is 251 g/mol. The smallest absolute Gasteiger partial charge is 0.127 e. The van der Waals surface area contributed by atoms with Crippen LogP contribution in [0.1, 0.15) is 18.1 Å². The number of rotatable bonds is 2. The van der Waals surface area contributed by atoms with E-state index in [1.807, 2.05) is 45.3 Å². The van der Waals surface area contributed by atoms with E-state index in [-0.39, 0.29) is 5.82 Å². The van der Waals surface area contributed by atoms with Crippen molar-refractivity contribution in [3.05, 3.63) is 53.5 Å². The van der Waals surface area contributed by atoms with Crippen molar-refractivity contribution in [1.29, 1.82) is 0 Å². The van der Waals surface area contributed by atoms with Gasteiger partial charge in [0, 0.05) is 18.6 Å². The first-order chi connectivity index (χ1) is 9.60. The lowest BCUT2D eigenvalue weighted by molar-refractivity contribution is 0.611. The summed E-state index contributed by atoms with van der Waals surface area (Å²) in [5.74, 6) is -0.122. The van der Waals surface area contributed by atoms with Crippen molar-refractivity contribution < 1.29 is 4.39 Å². The van der Waals surface area contributed by atoms with Gasteiger partial charge in [-0.25, -0.2) is 4.39 Å². The van der Waals surface area contributed by atoms with E-state index in [0.717, 1.165) is 39.6 Å². The van der Waals surface area contributed by atoms with E-state index in [2.05, 4.69) is 11.2 Å². The van der Waals surface area contributed by atoms with Gasteiger partial charge in [0.05, 0.1) is 5.52 Å². The molecule has 0 unspecified atom stereocenters. The molecule has 1 heterocycles. The molecule has 2 aromatic carbocycles. The Morgan fingerprint density at radius 1 is 1.25 bits per heavy atom. The van der Waals surface area contributed by atoms with Crippen molar-refractivity contribution >= 4 is 10.9 Å². The lowest BCUT2D eigenvalue weighted by Gasteiger charge is -2.09. The van der Waals surface area contributed by atoms with Crippen LogP contribution in [0.4, 0.5) is 4.39 Å². The molecule has 0 saturated heterocycles. The molecule has 3 aromatic rings. The highest BCUT2D eigenvalue weighted by atomic mass is 19.1. The molecule has 0 atom stereocenters. The maximum Gasteiger partial charge on any atom is 0.127 e. The Balaban J connectivity index is 2.25. The number of nitrogens with zero attached hydrogens (tertiary/aromatic N) is 2. The maximum absolute atomic E-state index is 14.2. The minimum absolute atomic E-state index is 0.122. The van der Waals surface area contributed by atoms with Gasteiger partial charge in [-0.15, -0.1) is 0 Å². The monoisotopic (exact) mass is 268 g/mol. The van der Waals surface area contributed by atoms with Crippen LogP contribution in [0.2, 0.25) is 0 Å². The summed E-state index contributed by atoms with van der Waals surface area (Å²) in [5, 5.41) is 5.45. The zero-order chi connectivity index (χ0) is 14.3. The van der Waals surface area contributed by atoms with Gasteiger partial charge in [-0.2, -0.15) is 5.10 Å². The Kier molecular flexibility index (Phi) is 3.05. The summed E-state index contributed by atoms with van der Waals surface area (Å²) >= 11 is 0. The first kappa shape index (κ1) is 12.9. The van der Waals surface area contributed by atoms with Gasteiger partial charge < -0.3 is 0 Å². The Hall–Kier alpha value is -2.16. The third-order valence-electron chi connectivity index (χ3n) is 3.75. The minimum atomic E-state index is -0.122. The Bertz CT molecular complexity index is 764. The van der Waals surface area contributed by atoms with E-state index in [4.69, 9.17) is 0 Å². The second-order valence-corrected chi connectivity index (χ2v) is 5.15. The average Bonchev–Trinajstić information content (AvgIpc) is 2.78. The highest BCUT2D eigenvalue weighted by Gasteiger charge is 2.11. The molecule has 0 radical (unpaired) electrons. The van der Waals surface area contributed by atoms with Crippen LogP contribution in [-0.2, 0) is 13.5 Å². The van der Waals surface area contributed by atoms with Crippen molar-refractivity contribution in [1.82, 2.24) is 9.78 Å². The average molecular weight is 268 g/mol. The standard InChI is InChI=1S/C17H17FN2/c1-4-13-11(2)8-12(9-16(13)18)14-6-5-7-17-15(14)10-20(3)19-17/h5-10H,4H2,1-3H3. The van der Waals surface area contributed by atoms with Crippen LogP contribution in [0.5, 0.6) is 0 Å². The molecule has 3 heteroatoms. The molecule has 0 aliphatic carbocycles. The van der Waals surface area contributed by atoms with E-state index in [0.29, 0.717) is 0 Å². The van der Waals surface area contributed by atoms with Crippen LogP contribution in [0, 0.1) is 12.7 Å². The molecule has 0 aliphatic heterocycles. The Labute approximate surface area is 117 Å². The number of halogens is 1. The van der Waals surface area contributed by atoms with Crippen molar-refractivity contribution in [3.63, 3.8) is 0 Å². The zero-order valence-corrected chi connectivity index (χ0v) is 11.9. The Morgan fingerprint density at radius 3 is 2.75 bits per heavy atom. The van der Waals surface area contributed by atoms with Crippen molar-refractivity contribution in [2.45, 2.75) is 20.3 Å². The predicted octanol–water partition coefficient (Wildman–Crippen LogP) is 4.25. The molecule has 0 bridgehead atoms. The van der Waals surface area contributed by atoms with E-state index >= 15 is 0 Å². The third kappa shape index (κ3) is 1.99. The molecule has 0 aliphatic rings. The van der Waals surface area contributed by atoms with Crippen LogP contribution in [0.25, 0.3) is 22.0 Å². The number of aromatic nitrogens is 2. The summed E-state index contributed by atoms with van der Waals surface area (Å²) in [6, 6.07) is 9.65. The van der Waals surface area contributed by atoms with Gasteiger partial charge in [-0.1, -0.05) is 25.1 Å². The van der Waals surface area contributed by atoms with Gasteiger partial charge in [-0.05, 0) is 47.7 Å². The first-order valence-electron chi connectivity index (χ1n) is 6.82. The van der Waals surface area contributed by atoms with Gasteiger partial charge in [0.25, 0.3) is 0 Å². The SMILES string of the molecule is CCc1c(C)cc(-c2cccc3nn(C)cc23)cc1F. The van der Waals surface area contributed by atoms with E-state index in [9.17, 15) is 4.39 Å². The molecule has 3 rings (SSSR count). The summed E-state index contributed by atoms with van der Waals surface area (Å²) in [5.41, 5.74) is 4.68. The second-order valence-electron chi connectivity index (χ2n) is 5.15. The Morgan fingerprint density at radius 2 is 2.05 bits per heavy atom. The van der Waals surface area contributed by atoms with Crippen LogP contribution in [0.15, 0.2) is 36.5 Å². The molecule has 102 valence electrons. The van der Waals surface area contributed by atoms with E-state index < -0.39 is 0 Å². The van der Waals surface area contributed by atoms with Crippen LogP contribution >= 0.6 is 0 Å². The van der Waals surface area contributed by atoms with E-state index in [1.165, 1.54) is 0 Å². The van der Waals surface area contributed by atoms with Crippen molar-refractivity contribution in [2.75, 3.05) is 0 Å². The largest absolute Gasteiger partial charge is 0.275 e. The summed E-state index contributed by atoms with van der Waals surface area (Å²) in [4.78, 5) is 0. The molecular formula is C17H17FN2. The van der Waals surface area contributed by atoms with Crippen molar-refractivity contribution in [2.24, 2.45) is 7.05 Å². The van der Waals surface area contributed by atoms with Gasteiger partial charge in [0.1, 0.15) is 5.82 Å². The number of aryl methyl sites for hydroxylation is 2. The fourth-order valence-electron chi connectivity index (χ4n) is 2.79. The lowest BCUT2D eigenvalue weighted by atomic mass is 9.96. The summed E-state index contributed by atoms with van der Waals surface area (Å²) in [7, 11) is 1.90. The third-order valence-corrected chi connectivity index (χ3v) is 3.75. The summed E-state index contributed by atoms with van der Waals surface area (Å²) < 4.78 is 16.0. The number of hydrogen-bond acceptors (Lipinski definition) is 1. The quantitative estimate of drug-likeness (QED) is 0.679. The highest BCUT2D eigenvalue weighted by molar-refractivity contribution is 5.94. The van der Waals surface area contributed by atoms with Gasteiger partial charge in [0.2, 0.25) is 0 Å². The molecule has 0 saturated carbocycles. The number of hydrogen-bond donors (Lipinski definition) is 0. The van der Waals surface area contributed by atoms with Crippen LogP contribution in [-0.4, -0.2) is 9.78 Å². The topological polar surface area (TPSA) is 17.8 Å². The molecule has 20 heavy (non-hydrogen) atoms. The molecule has 2 nitrogen and oxygen atoms in total. The second kappa shape index (κ2) is 4.75. The normalized spacial score (nSPS) is 11.2. The first-order valence-corrected chi connectivity index (χ1v) is 6.82. The molecule has 0 N–H and O–H groups in total. The number of fused-ring (bicyclic) bond motifs is 1. The van der Waals surface area contributed by atoms with Gasteiger partial charge in [0.15, 0.2) is 0 Å². The lowest BCUT2D eigenvalue weighted by Crippen LogP contribution is -1.94. The van der Waals surface area contributed by atoms with Crippen LogP contribution < -0.4 is 0 Å². The number of benzene rings is 2. The molecule has 0 fully saturated rings. The summed E-state index contributed by atoms with van der Waals surface area (Å²) in [6.07, 6.45) is 2.70. The van der Waals surface area contributed by atoms with Gasteiger partial charge in [-0.3, -0.25) is 4.68 Å². The highest BCUT2D eigenvalue weighted by Crippen LogP contribution is 2.30. The van der Waals surface area contributed by atoms with Gasteiger partial charge >= 0.3 is 0 Å². The summed E-state index contributed by atoms with van der Waals surface area (Å²) in [6.45, 7) is 3.95. The fraction of sp³-hybridized carbons (Fsp3) is 0.235. The predicted molar refractivity (Wildman–Crippen MR) is 80.2 cm³/mol. The fourth-order valence-corrected chi connectivity index (χ4v) is 2.79. The molecule has 1 aromatic heterocycles. The van der Waals surface area contributed by atoms with Crippen LogP contribution in [0.3, 0.4) is 0 Å².